The first kappa shape index (κ1) is 18.9. The van der Waals surface area contributed by atoms with E-state index in [4.69, 9.17) is 9.47 Å². The smallest absolute Gasteiger partial charge is 0.259 e. The summed E-state index contributed by atoms with van der Waals surface area (Å²) >= 11 is 0. The fraction of sp³-hybridized carbons (Fsp3) is 0.0952. The van der Waals surface area contributed by atoms with E-state index in [0.29, 0.717) is 34.1 Å². The van der Waals surface area contributed by atoms with Crippen molar-refractivity contribution in [2.45, 2.75) is 0 Å². The van der Waals surface area contributed by atoms with Gasteiger partial charge in [-0.25, -0.2) is 4.98 Å². The fourth-order valence-corrected chi connectivity index (χ4v) is 2.53. The van der Waals surface area contributed by atoms with Crippen molar-refractivity contribution in [3.8, 4) is 11.5 Å². The van der Waals surface area contributed by atoms with Gasteiger partial charge < -0.3 is 20.1 Å². The van der Waals surface area contributed by atoms with Gasteiger partial charge in [-0.3, -0.25) is 9.59 Å². The second kappa shape index (κ2) is 8.68. The quantitative estimate of drug-likeness (QED) is 0.685. The summed E-state index contributed by atoms with van der Waals surface area (Å²) < 4.78 is 10.3. The van der Waals surface area contributed by atoms with Crippen LogP contribution in [-0.2, 0) is 0 Å². The van der Waals surface area contributed by atoms with Crippen LogP contribution in [0.25, 0.3) is 0 Å². The summed E-state index contributed by atoms with van der Waals surface area (Å²) in [6.45, 7) is 0. The van der Waals surface area contributed by atoms with E-state index in [2.05, 4.69) is 15.6 Å². The number of benzene rings is 2. The lowest BCUT2D eigenvalue weighted by molar-refractivity contribution is 0.101. The number of pyridine rings is 1. The maximum absolute atomic E-state index is 12.4. The maximum Gasteiger partial charge on any atom is 0.259 e. The van der Waals surface area contributed by atoms with Crippen molar-refractivity contribution in [1.82, 2.24) is 4.98 Å². The molecular formula is C21H19N3O4. The first-order valence-electron chi connectivity index (χ1n) is 8.46. The lowest BCUT2D eigenvalue weighted by Crippen LogP contribution is -2.15. The lowest BCUT2D eigenvalue weighted by Gasteiger charge is -2.10. The zero-order chi connectivity index (χ0) is 19.9. The molecule has 0 aliphatic carbocycles. The Hall–Kier alpha value is -3.87. The normalized spacial score (nSPS) is 10.1. The van der Waals surface area contributed by atoms with Crippen molar-refractivity contribution < 1.29 is 19.1 Å². The summed E-state index contributed by atoms with van der Waals surface area (Å²) in [6, 6.07) is 17.0. The summed E-state index contributed by atoms with van der Waals surface area (Å²) in [5, 5.41) is 5.45. The molecule has 1 heterocycles. The Kier molecular flexibility index (Phi) is 5.86. The number of para-hydroxylation sites is 1. The summed E-state index contributed by atoms with van der Waals surface area (Å²) in [6.07, 6.45) is 1.47. The Morgan fingerprint density at radius 3 is 2.39 bits per heavy atom. The summed E-state index contributed by atoms with van der Waals surface area (Å²) in [4.78, 5) is 28.9. The third-order valence-electron chi connectivity index (χ3n) is 3.95. The van der Waals surface area contributed by atoms with Crippen LogP contribution in [0.5, 0.6) is 11.5 Å². The van der Waals surface area contributed by atoms with Crippen molar-refractivity contribution >= 4 is 23.3 Å². The number of rotatable bonds is 6. The van der Waals surface area contributed by atoms with E-state index in [1.165, 1.54) is 20.4 Å². The topological polar surface area (TPSA) is 89.6 Å². The molecule has 2 aromatic carbocycles. The highest BCUT2D eigenvalue weighted by Gasteiger charge is 2.12. The average molecular weight is 377 g/mol. The van der Waals surface area contributed by atoms with Gasteiger partial charge in [0.15, 0.2) is 0 Å². The van der Waals surface area contributed by atoms with E-state index in [9.17, 15) is 9.59 Å². The molecule has 3 aromatic rings. The number of hydrogen-bond acceptors (Lipinski definition) is 5. The zero-order valence-electron chi connectivity index (χ0n) is 15.4. The second-order valence-electron chi connectivity index (χ2n) is 5.77. The van der Waals surface area contributed by atoms with Gasteiger partial charge in [0.25, 0.3) is 11.8 Å². The Bertz CT molecular complexity index is 987. The molecule has 0 saturated carbocycles. The molecule has 0 aliphatic heterocycles. The van der Waals surface area contributed by atoms with E-state index in [0.717, 1.165) is 0 Å². The van der Waals surface area contributed by atoms with E-state index >= 15 is 0 Å². The Labute approximate surface area is 162 Å². The van der Waals surface area contributed by atoms with Gasteiger partial charge in [0.05, 0.1) is 31.7 Å². The predicted molar refractivity (Wildman–Crippen MR) is 106 cm³/mol. The monoisotopic (exact) mass is 377 g/mol. The van der Waals surface area contributed by atoms with Crippen LogP contribution in [0.2, 0.25) is 0 Å². The van der Waals surface area contributed by atoms with Crippen molar-refractivity contribution in [1.29, 1.82) is 0 Å². The van der Waals surface area contributed by atoms with Crippen LogP contribution in [0.1, 0.15) is 20.7 Å². The first-order valence-corrected chi connectivity index (χ1v) is 8.46. The van der Waals surface area contributed by atoms with Crippen LogP contribution >= 0.6 is 0 Å². The number of hydrogen-bond donors (Lipinski definition) is 2. The summed E-state index contributed by atoms with van der Waals surface area (Å²) in [7, 11) is 3.05. The lowest BCUT2D eigenvalue weighted by atomic mass is 10.2. The van der Waals surface area contributed by atoms with Crippen LogP contribution in [-0.4, -0.2) is 31.0 Å². The number of nitrogens with one attached hydrogen (secondary N) is 2. The van der Waals surface area contributed by atoms with E-state index in [1.807, 2.05) is 0 Å². The van der Waals surface area contributed by atoms with Gasteiger partial charge in [-0.1, -0.05) is 18.2 Å². The van der Waals surface area contributed by atoms with Crippen molar-refractivity contribution in [2.75, 3.05) is 24.9 Å². The summed E-state index contributed by atoms with van der Waals surface area (Å²) in [5.74, 6) is 0.817. The summed E-state index contributed by atoms with van der Waals surface area (Å²) in [5.41, 5.74) is 1.37. The average Bonchev–Trinajstić information content (AvgIpc) is 2.75. The number of methoxy groups -OCH3 is 2. The number of ether oxygens (including phenoxy) is 2. The molecule has 0 radical (unpaired) electrons. The first-order chi connectivity index (χ1) is 13.6. The molecule has 1 aromatic heterocycles. The van der Waals surface area contributed by atoms with E-state index < -0.39 is 0 Å². The third-order valence-corrected chi connectivity index (χ3v) is 3.95. The molecule has 2 amide bonds. The number of nitrogens with zero attached hydrogens (tertiary/aromatic N) is 1. The molecule has 0 unspecified atom stereocenters. The van der Waals surface area contributed by atoms with Crippen molar-refractivity contribution in [3.63, 3.8) is 0 Å². The van der Waals surface area contributed by atoms with Gasteiger partial charge in [0.1, 0.15) is 17.3 Å². The number of anilines is 2. The Morgan fingerprint density at radius 1 is 0.857 bits per heavy atom. The van der Waals surface area contributed by atoms with Crippen LogP contribution in [0, 0.1) is 0 Å². The molecule has 0 fully saturated rings. The molecule has 2 N–H and O–H groups in total. The van der Waals surface area contributed by atoms with Gasteiger partial charge in [0, 0.05) is 5.56 Å². The zero-order valence-corrected chi connectivity index (χ0v) is 15.4. The van der Waals surface area contributed by atoms with Crippen LogP contribution in [0.15, 0.2) is 66.9 Å². The van der Waals surface area contributed by atoms with Gasteiger partial charge in [0.2, 0.25) is 0 Å². The third kappa shape index (κ3) is 4.45. The standard InChI is InChI=1S/C21H19N3O4/c1-27-16-7-5-6-14(12-16)20(25)24-19-11-10-15(13-22-19)23-21(26)17-8-3-4-9-18(17)28-2/h3-13H,1-2H3,(H,23,26)(H,22,24,25). The second-order valence-corrected chi connectivity index (χ2v) is 5.77. The molecule has 0 aliphatic rings. The molecule has 7 heteroatoms. The molecular weight excluding hydrogens is 358 g/mol. The molecule has 0 saturated heterocycles. The van der Waals surface area contributed by atoms with Gasteiger partial charge >= 0.3 is 0 Å². The molecule has 28 heavy (non-hydrogen) atoms. The van der Waals surface area contributed by atoms with Gasteiger partial charge in [-0.05, 0) is 42.5 Å². The highest BCUT2D eigenvalue weighted by Crippen LogP contribution is 2.20. The Balaban J connectivity index is 1.66. The van der Waals surface area contributed by atoms with Crippen molar-refractivity contribution in [3.05, 3.63) is 78.0 Å². The van der Waals surface area contributed by atoms with Gasteiger partial charge in [-0.2, -0.15) is 0 Å². The molecule has 0 spiro atoms. The fourth-order valence-electron chi connectivity index (χ4n) is 2.53. The highest BCUT2D eigenvalue weighted by atomic mass is 16.5. The molecule has 142 valence electrons. The van der Waals surface area contributed by atoms with Crippen LogP contribution < -0.4 is 20.1 Å². The SMILES string of the molecule is COc1cccc(C(=O)Nc2ccc(NC(=O)c3ccccc3OC)cn2)c1. The predicted octanol–water partition coefficient (Wildman–Crippen LogP) is 3.60. The largest absolute Gasteiger partial charge is 0.497 e. The minimum Gasteiger partial charge on any atom is -0.497 e. The Morgan fingerprint density at radius 2 is 1.68 bits per heavy atom. The van der Waals surface area contributed by atoms with Crippen LogP contribution in [0.4, 0.5) is 11.5 Å². The number of amides is 2. The van der Waals surface area contributed by atoms with Gasteiger partial charge in [-0.15, -0.1) is 0 Å². The number of carbonyl (C=O) groups excluding carboxylic acids is 2. The minimum absolute atomic E-state index is 0.308. The molecule has 0 bridgehead atoms. The number of carbonyl (C=O) groups is 2. The minimum atomic E-state index is -0.313. The van der Waals surface area contributed by atoms with E-state index in [-0.39, 0.29) is 11.8 Å². The highest BCUT2D eigenvalue weighted by molar-refractivity contribution is 6.06. The van der Waals surface area contributed by atoms with E-state index in [1.54, 1.807) is 60.7 Å². The maximum atomic E-state index is 12.4. The molecule has 0 atom stereocenters. The molecule has 3 rings (SSSR count). The van der Waals surface area contributed by atoms with Crippen molar-refractivity contribution in [2.24, 2.45) is 0 Å². The number of aromatic nitrogens is 1. The molecule has 7 nitrogen and oxygen atoms in total. The van der Waals surface area contributed by atoms with Crippen LogP contribution in [0.3, 0.4) is 0 Å².